The molecule has 25 heavy (non-hydrogen) atoms. The largest absolute Gasteiger partial charge is 0.490 e. The molecule has 1 aliphatic rings. The highest BCUT2D eigenvalue weighted by atomic mass is 32.2. The second kappa shape index (κ2) is 8.00. The highest BCUT2D eigenvalue weighted by molar-refractivity contribution is 8.26. The van der Waals surface area contributed by atoms with Crippen molar-refractivity contribution in [1.29, 1.82) is 0 Å². The zero-order chi connectivity index (χ0) is 17.6. The molecule has 0 bridgehead atoms. The van der Waals surface area contributed by atoms with Crippen LogP contribution in [0.2, 0.25) is 0 Å². The third-order valence-corrected chi connectivity index (χ3v) is 4.66. The molecule has 1 amide bonds. The summed E-state index contributed by atoms with van der Waals surface area (Å²) in [6, 6.07) is 17.0. The van der Waals surface area contributed by atoms with Gasteiger partial charge in [-0.1, -0.05) is 54.7 Å². The van der Waals surface area contributed by atoms with Crippen LogP contribution in [-0.2, 0) is 4.79 Å². The Bertz CT molecular complexity index is 817. The molecule has 1 saturated heterocycles. The SMILES string of the molecule is C=CCOc1ccc(C=C2SC(=S)N(Nc3ccccc3)C2=O)cc1. The van der Waals surface area contributed by atoms with Crippen LogP contribution in [0.3, 0.4) is 0 Å². The molecule has 3 rings (SSSR count). The third-order valence-electron chi connectivity index (χ3n) is 3.35. The van der Waals surface area contributed by atoms with Crippen LogP contribution in [0.15, 0.2) is 72.2 Å². The molecule has 0 spiro atoms. The first-order valence-electron chi connectivity index (χ1n) is 7.61. The molecule has 0 aromatic heterocycles. The quantitative estimate of drug-likeness (QED) is 0.463. The Morgan fingerprint density at radius 2 is 1.88 bits per heavy atom. The van der Waals surface area contributed by atoms with E-state index in [0.717, 1.165) is 17.0 Å². The summed E-state index contributed by atoms with van der Waals surface area (Å²) in [6.07, 6.45) is 3.52. The number of nitrogens with one attached hydrogen (secondary N) is 1. The smallest absolute Gasteiger partial charge is 0.285 e. The van der Waals surface area contributed by atoms with Crippen molar-refractivity contribution in [2.24, 2.45) is 0 Å². The maximum atomic E-state index is 12.6. The van der Waals surface area contributed by atoms with Crippen LogP contribution in [0.25, 0.3) is 6.08 Å². The lowest BCUT2D eigenvalue weighted by molar-refractivity contribution is -0.121. The predicted octanol–water partition coefficient (Wildman–Crippen LogP) is 4.48. The molecule has 126 valence electrons. The van der Waals surface area contributed by atoms with Crippen molar-refractivity contribution in [1.82, 2.24) is 5.01 Å². The topological polar surface area (TPSA) is 41.6 Å². The molecule has 2 aromatic carbocycles. The molecule has 0 radical (unpaired) electrons. The number of anilines is 1. The Morgan fingerprint density at radius 3 is 2.56 bits per heavy atom. The van der Waals surface area contributed by atoms with E-state index in [9.17, 15) is 4.79 Å². The van der Waals surface area contributed by atoms with Gasteiger partial charge in [-0.25, -0.2) is 5.01 Å². The van der Waals surface area contributed by atoms with E-state index in [0.29, 0.717) is 15.8 Å². The molecule has 0 saturated carbocycles. The average Bonchev–Trinajstić information content (AvgIpc) is 2.89. The Kier molecular flexibility index (Phi) is 5.53. The molecule has 0 aliphatic carbocycles. The van der Waals surface area contributed by atoms with E-state index in [2.05, 4.69) is 12.0 Å². The van der Waals surface area contributed by atoms with Crippen molar-refractivity contribution in [3.8, 4) is 5.75 Å². The van der Waals surface area contributed by atoms with Gasteiger partial charge in [0.15, 0.2) is 4.32 Å². The van der Waals surface area contributed by atoms with Crippen LogP contribution in [0.5, 0.6) is 5.75 Å². The molecular weight excluding hydrogens is 352 g/mol. The summed E-state index contributed by atoms with van der Waals surface area (Å²) in [6.45, 7) is 4.08. The number of hydrazine groups is 1. The van der Waals surface area contributed by atoms with Crippen molar-refractivity contribution in [3.05, 3.63) is 77.7 Å². The minimum absolute atomic E-state index is 0.161. The first-order valence-corrected chi connectivity index (χ1v) is 8.83. The lowest BCUT2D eigenvalue weighted by atomic mass is 10.2. The summed E-state index contributed by atoms with van der Waals surface area (Å²) in [7, 11) is 0. The third kappa shape index (κ3) is 4.29. The maximum absolute atomic E-state index is 12.6. The van der Waals surface area contributed by atoms with E-state index in [1.54, 1.807) is 6.08 Å². The summed E-state index contributed by atoms with van der Waals surface area (Å²) in [5.41, 5.74) is 4.76. The zero-order valence-electron chi connectivity index (χ0n) is 13.3. The molecular formula is C19H16N2O2S2. The summed E-state index contributed by atoms with van der Waals surface area (Å²) in [5.74, 6) is 0.598. The number of thiocarbonyl (C=S) groups is 1. The van der Waals surface area contributed by atoms with Gasteiger partial charge in [-0.15, -0.1) is 0 Å². The zero-order valence-corrected chi connectivity index (χ0v) is 15.0. The number of carbonyl (C=O) groups is 1. The molecule has 1 aliphatic heterocycles. The van der Waals surface area contributed by atoms with E-state index in [4.69, 9.17) is 17.0 Å². The lowest BCUT2D eigenvalue weighted by Gasteiger charge is -2.16. The van der Waals surface area contributed by atoms with Gasteiger partial charge in [-0.05, 0) is 48.1 Å². The number of carbonyl (C=O) groups excluding carboxylic acids is 1. The van der Waals surface area contributed by atoms with Gasteiger partial charge in [-0.2, -0.15) is 0 Å². The van der Waals surface area contributed by atoms with E-state index < -0.39 is 0 Å². The normalized spacial score (nSPS) is 15.5. The van der Waals surface area contributed by atoms with Gasteiger partial charge in [0, 0.05) is 0 Å². The number of rotatable bonds is 6. The van der Waals surface area contributed by atoms with Crippen molar-refractivity contribution < 1.29 is 9.53 Å². The highest BCUT2D eigenvalue weighted by Gasteiger charge is 2.32. The molecule has 0 unspecified atom stereocenters. The molecule has 6 heteroatoms. The number of thioether (sulfide) groups is 1. The number of amides is 1. The van der Waals surface area contributed by atoms with E-state index in [1.165, 1.54) is 16.8 Å². The van der Waals surface area contributed by atoms with Crippen LogP contribution in [0.4, 0.5) is 5.69 Å². The minimum Gasteiger partial charge on any atom is -0.490 e. The fraction of sp³-hybridized carbons (Fsp3) is 0.0526. The molecule has 2 aromatic rings. The number of para-hydroxylation sites is 1. The van der Waals surface area contributed by atoms with Crippen LogP contribution in [0.1, 0.15) is 5.56 Å². The fourth-order valence-corrected chi connectivity index (χ4v) is 3.35. The average molecular weight is 368 g/mol. The summed E-state index contributed by atoms with van der Waals surface area (Å²) < 4.78 is 5.93. The van der Waals surface area contributed by atoms with Crippen LogP contribution >= 0.6 is 24.0 Å². The highest BCUT2D eigenvalue weighted by Crippen LogP contribution is 2.32. The molecule has 4 nitrogen and oxygen atoms in total. The maximum Gasteiger partial charge on any atom is 0.285 e. The van der Waals surface area contributed by atoms with Gasteiger partial charge in [0.2, 0.25) is 0 Å². The summed E-state index contributed by atoms with van der Waals surface area (Å²) >= 11 is 6.59. The lowest BCUT2D eigenvalue weighted by Crippen LogP contribution is -2.33. The second-order valence-electron chi connectivity index (χ2n) is 5.16. The van der Waals surface area contributed by atoms with Crippen molar-refractivity contribution in [2.75, 3.05) is 12.0 Å². The van der Waals surface area contributed by atoms with Gasteiger partial charge in [0.25, 0.3) is 5.91 Å². The van der Waals surface area contributed by atoms with E-state index in [1.807, 2.05) is 60.7 Å². The molecule has 1 N–H and O–H groups in total. The van der Waals surface area contributed by atoms with Gasteiger partial charge in [0.1, 0.15) is 12.4 Å². The van der Waals surface area contributed by atoms with Crippen molar-refractivity contribution in [2.45, 2.75) is 0 Å². The number of hydrogen-bond acceptors (Lipinski definition) is 5. The predicted molar refractivity (Wildman–Crippen MR) is 107 cm³/mol. The Balaban J connectivity index is 1.72. The standard InChI is InChI=1S/C19H16N2O2S2/c1-2-12-23-16-10-8-14(9-11-16)13-17-18(22)21(19(24)25-17)20-15-6-4-3-5-7-15/h2-11,13,20H,1,12H2. The molecule has 1 fully saturated rings. The molecule has 1 heterocycles. The van der Waals surface area contributed by atoms with Crippen molar-refractivity contribution >= 4 is 46.0 Å². The van der Waals surface area contributed by atoms with Crippen LogP contribution in [0, 0.1) is 0 Å². The van der Waals surface area contributed by atoms with E-state index in [-0.39, 0.29) is 5.91 Å². The van der Waals surface area contributed by atoms with Gasteiger partial charge in [0.05, 0.1) is 10.6 Å². The monoisotopic (exact) mass is 368 g/mol. The minimum atomic E-state index is -0.161. The van der Waals surface area contributed by atoms with Crippen LogP contribution < -0.4 is 10.2 Å². The van der Waals surface area contributed by atoms with Crippen molar-refractivity contribution in [3.63, 3.8) is 0 Å². The summed E-state index contributed by atoms with van der Waals surface area (Å²) in [5, 5.41) is 1.39. The van der Waals surface area contributed by atoms with Gasteiger partial charge >= 0.3 is 0 Å². The molecule has 0 atom stereocenters. The first kappa shape index (κ1) is 17.3. The summed E-state index contributed by atoms with van der Waals surface area (Å²) in [4.78, 5) is 13.2. The van der Waals surface area contributed by atoms with E-state index >= 15 is 0 Å². The fourth-order valence-electron chi connectivity index (χ4n) is 2.17. The number of ether oxygens (including phenoxy) is 1. The van der Waals surface area contributed by atoms with Crippen LogP contribution in [-0.4, -0.2) is 21.8 Å². The Morgan fingerprint density at radius 1 is 1.16 bits per heavy atom. The van der Waals surface area contributed by atoms with Gasteiger partial charge in [-0.3, -0.25) is 10.2 Å². The Labute approximate surface area is 156 Å². The number of benzene rings is 2. The number of hydrogen-bond donors (Lipinski definition) is 1. The van der Waals surface area contributed by atoms with Gasteiger partial charge < -0.3 is 4.74 Å². The first-order chi connectivity index (χ1) is 12.2. The Hall–Kier alpha value is -2.57. The number of nitrogens with zero attached hydrogens (tertiary/aromatic N) is 1. The second-order valence-corrected chi connectivity index (χ2v) is 6.84.